The van der Waals surface area contributed by atoms with Gasteiger partial charge < -0.3 is 0 Å². The monoisotopic (exact) mass is 220 g/mol. The lowest BCUT2D eigenvalue weighted by atomic mass is 9.52. The maximum absolute atomic E-state index is 2.73. The quantitative estimate of drug-likeness (QED) is 0.616. The van der Waals surface area contributed by atoms with Gasteiger partial charge in [-0.1, -0.05) is 13.8 Å². The molecule has 0 aromatic rings. The molecular formula is C14H24N2. The zero-order valence-electron chi connectivity index (χ0n) is 11.0. The van der Waals surface area contributed by atoms with Crippen molar-refractivity contribution in [3.05, 3.63) is 0 Å². The standard InChI is InChI=1S/C14H24N2/c1-13-9-5-7-11(15(9)3)14(13,2)12-8-6-10(13)16(12)4/h9-12H,5-8H2,1-4H3/t9-,10+,11+,12-,13?,14?. The van der Waals surface area contributed by atoms with Crippen molar-refractivity contribution in [1.29, 1.82) is 0 Å². The Kier molecular flexibility index (Phi) is 1.55. The van der Waals surface area contributed by atoms with Crippen LogP contribution in [0.3, 0.4) is 0 Å². The summed E-state index contributed by atoms with van der Waals surface area (Å²) >= 11 is 0. The molecule has 2 unspecified atom stereocenters. The number of hydrogen-bond acceptors (Lipinski definition) is 2. The summed E-state index contributed by atoms with van der Waals surface area (Å²) in [5.74, 6) is 0. The minimum absolute atomic E-state index is 0.572. The van der Waals surface area contributed by atoms with Crippen molar-refractivity contribution >= 4 is 0 Å². The van der Waals surface area contributed by atoms with E-state index in [1.54, 1.807) is 0 Å². The van der Waals surface area contributed by atoms with Crippen LogP contribution in [0.25, 0.3) is 0 Å². The molecule has 0 amide bonds. The maximum Gasteiger partial charge on any atom is 0.0171 e. The normalized spacial score (nSPS) is 64.5. The molecule has 0 radical (unpaired) electrons. The first-order chi connectivity index (χ1) is 7.53. The van der Waals surface area contributed by atoms with Gasteiger partial charge in [0.25, 0.3) is 0 Å². The van der Waals surface area contributed by atoms with E-state index < -0.39 is 0 Å². The van der Waals surface area contributed by atoms with E-state index >= 15 is 0 Å². The van der Waals surface area contributed by atoms with Gasteiger partial charge in [-0.3, -0.25) is 9.80 Å². The van der Waals surface area contributed by atoms with Gasteiger partial charge in [0.1, 0.15) is 0 Å². The Hall–Kier alpha value is -0.0800. The third-order valence-electron chi connectivity index (χ3n) is 7.32. The van der Waals surface area contributed by atoms with Gasteiger partial charge in [0, 0.05) is 35.0 Å². The van der Waals surface area contributed by atoms with Crippen molar-refractivity contribution in [3.8, 4) is 0 Å². The van der Waals surface area contributed by atoms with Crippen LogP contribution in [0.2, 0.25) is 0 Å². The molecular weight excluding hydrogens is 196 g/mol. The van der Waals surface area contributed by atoms with E-state index in [1.165, 1.54) is 25.7 Å². The fraction of sp³-hybridized carbons (Fsp3) is 1.00. The molecule has 4 rings (SSSR count). The highest BCUT2D eigenvalue weighted by Gasteiger charge is 2.76. The molecule has 4 bridgehead atoms. The fourth-order valence-electron chi connectivity index (χ4n) is 6.65. The predicted molar refractivity (Wildman–Crippen MR) is 65.4 cm³/mol. The zero-order valence-corrected chi connectivity index (χ0v) is 11.0. The highest BCUT2D eigenvalue weighted by Crippen LogP contribution is 2.71. The van der Waals surface area contributed by atoms with Crippen LogP contribution in [-0.2, 0) is 0 Å². The van der Waals surface area contributed by atoms with Crippen LogP contribution in [0.1, 0.15) is 39.5 Å². The molecule has 4 fully saturated rings. The van der Waals surface area contributed by atoms with Crippen LogP contribution >= 0.6 is 0 Å². The molecule has 0 aliphatic carbocycles. The summed E-state index contributed by atoms with van der Waals surface area (Å²) in [6.45, 7) is 5.21. The van der Waals surface area contributed by atoms with Crippen LogP contribution in [0, 0.1) is 10.8 Å². The summed E-state index contributed by atoms with van der Waals surface area (Å²) in [6, 6.07) is 3.45. The number of nitrogens with zero attached hydrogens (tertiary/aromatic N) is 2. The molecule has 90 valence electrons. The molecule has 0 aromatic heterocycles. The lowest BCUT2D eigenvalue weighted by Gasteiger charge is -2.49. The third kappa shape index (κ3) is 0.669. The Balaban J connectivity index is 1.92. The SMILES string of the molecule is CN1[C@H]2CC[C@@H]1C1(C)[C@@H]3CC[C@@H](N3C)C21C. The molecule has 2 heteroatoms. The lowest BCUT2D eigenvalue weighted by Crippen LogP contribution is -2.53. The Bertz CT molecular complexity index is 293. The van der Waals surface area contributed by atoms with Crippen molar-refractivity contribution in [2.24, 2.45) is 10.8 Å². The summed E-state index contributed by atoms with van der Waals surface area (Å²) in [4.78, 5) is 5.47. The number of rotatable bonds is 0. The second-order valence-corrected chi connectivity index (χ2v) is 7.11. The second kappa shape index (κ2) is 2.51. The summed E-state index contributed by atoms with van der Waals surface area (Å²) in [7, 11) is 4.77. The Morgan fingerprint density at radius 2 is 0.938 bits per heavy atom. The molecule has 0 saturated carbocycles. The molecule has 0 spiro atoms. The van der Waals surface area contributed by atoms with Crippen LogP contribution in [-0.4, -0.2) is 48.1 Å². The summed E-state index contributed by atoms with van der Waals surface area (Å²) in [5, 5.41) is 0. The molecule has 0 aromatic carbocycles. The zero-order chi connectivity index (χ0) is 11.3. The molecule has 2 nitrogen and oxygen atoms in total. The first-order valence-corrected chi connectivity index (χ1v) is 6.96. The first kappa shape index (κ1) is 9.90. The Labute approximate surface area is 99.0 Å². The van der Waals surface area contributed by atoms with Gasteiger partial charge in [-0.15, -0.1) is 0 Å². The van der Waals surface area contributed by atoms with E-state index in [0.29, 0.717) is 10.8 Å². The van der Waals surface area contributed by atoms with Gasteiger partial charge in [0.2, 0.25) is 0 Å². The molecule has 4 aliphatic heterocycles. The van der Waals surface area contributed by atoms with Gasteiger partial charge in [0.15, 0.2) is 0 Å². The molecule has 0 N–H and O–H groups in total. The highest BCUT2D eigenvalue weighted by molar-refractivity contribution is 5.30. The van der Waals surface area contributed by atoms with Crippen molar-refractivity contribution in [1.82, 2.24) is 9.80 Å². The number of hydrogen-bond donors (Lipinski definition) is 0. The van der Waals surface area contributed by atoms with Gasteiger partial charge >= 0.3 is 0 Å². The Morgan fingerprint density at radius 1 is 0.688 bits per heavy atom. The van der Waals surface area contributed by atoms with E-state index in [-0.39, 0.29) is 0 Å². The van der Waals surface area contributed by atoms with Gasteiger partial charge in [0.05, 0.1) is 0 Å². The number of fused-ring (bicyclic) bond motifs is 9. The third-order valence-corrected chi connectivity index (χ3v) is 7.32. The minimum atomic E-state index is 0.572. The average molecular weight is 220 g/mol. The van der Waals surface area contributed by atoms with Crippen molar-refractivity contribution in [3.63, 3.8) is 0 Å². The van der Waals surface area contributed by atoms with E-state index in [1.807, 2.05) is 0 Å². The summed E-state index contributed by atoms with van der Waals surface area (Å²) < 4.78 is 0. The van der Waals surface area contributed by atoms with Crippen LogP contribution < -0.4 is 0 Å². The van der Waals surface area contributed by atoms with Crippen molar-refractivity contribution < 1.29 is 0 Å². The molecule has 6 atom stereocenters. The largest absolute Gasteiger partial charge is 0.299 e. The maximum atomic E-state index is 2.73. The van der Waals surface area contributed by atoms with Crippen molar-refractivity contribution in [2.75, 3.05) is 14.1 Å². The van der Waals surface area contributed by atoms with Gasteiger partial charge in [-0.2, -0.15) is 0 Å². The minimum Gasteiger partial charge on any atom is -0.299 e. The van der Waals surface area contributed by atoms with E-state index in [0.717, 1.165) is 24.2 Å². The smallest absolute Gasteiger partial charge is 0.0171 e. The van der Waals surface area contributed by atoms with E-state index in [2.05, 4.69) is 37.7 Å². The van der Waals surface area contributed by atoms with Gasteiger partial charge in [-0.25, -0.2) is 0 Å². The average Bonchev–Trinajstić information content (AvgIpc) is 2.87. The molecule has 16 heavy (non-hydrogen) atoms. The van der Waals surface area contributed by atoms with E-state index in [4.69, 9.17) is 0 Å². The van der Waals surface area contributed by atoms with Crippen molar-refractivity contribution in [2.45, 2.75) is 63.7 Å². The topological polar surface area (TPSA) is 6.48 Å². The second-order valence-electron chi connectivity index (χ2n) is 7.11. The Morgan fingerprint density at radius 3 is 1.19 bits per heavy atom. The summed E-state index contributed by atoms with van der Waals surface area (Å²) in [5.41, 5.74) is 1.14. The van der Waals surface area contributed by atoms with Crippen LogP contribution in [0.4, 0.5) is 0 Å². The van der Waals surface area contributed by atoms with Crippen LogP contribution in [0.5, 0.6) is 0 Å². The lowest BCUT2D eigenvalue weighted by molar-refractivity contribution is 0.0366. The molecule has 4 aliphatic rings. The molecule has 4 saturated heterocycles. The summed E-state index contributed by atoms with van der Waals surface area (Å²) in [6.07, 6.45) is 5.79. The van der Waals surface area contributed by atoms with Crippen LogP contribution in [0.15, 0.2) is 0 Å². The van der Waals surface area contributed by atoms with Gasteiger partial charge in [-0.05, 0) is 39.8 Å². The fourth-order valence-corrected chi connectivity index (χ4v) is 6.65. The first-order valence-electron chi connectivity index (χ1n) is 6.96. The van der Waals surface area contributed by atoms with E-state index in [9.17, 15) is 0 Å². The molecule has 4 heterocycles. The predicted octanol–water partition coefficient (Wildman–Crippen LogP) is 1.95. The highest BCUT2D eigenvalue weighted by atomic mass is 15.4.